The molecule has 156 valence electrons. The van der Waals surface area contributed by atoms with E-state index >= 15 is 0 Å². The van der Waals surface area contributed by atoms with Crippen LogP contribution in [0.25, 0.3) is 22.3 Å². The first-order valence-electron chi connectivity index (χ1n) is 10.6. The minimum absolute atomic E-state index is 1.09. The van der Waals surface area contributed by atoms with Gasteiger partial charge in [-0.05, 0) is 47.0 Å². The number of hydrogen-bond acceptors (Lipinski definition) is 1. The summed E-state index contributed by atoms with van der Waals surface area (Å²) >= 11 is 3.31. The average Bonchev–Trinajstić information content (AvgIpc) is 2.87. The van der Waals surface area contributed by atoms with Gasteiger partial charge in [0, 0.05) is 21.4 Å². The molecule has 0 spiro atoms. The second-order valence-electron chi connectivity index (χ2n) is 7.28. The smallest absolute Gasteiger partial charge is 0.0470 e. The first-order chi connectivity index (χ1) is 15.8. The zero-order valence-electron chi connectivity index (χ0n) is 17.7. The molecule has 0 radical (unpaired) electrons. The highest BCUT2D eigenvalue weighted by Gasteiger charge is 2.08. The summed E-state index contributed by atoms with van der Waals surface area (Å²) in [6.45, 7) is 0. The maximum Gasteiger partial charge on any atom is 0.0470 e. The predicted molar refractivity (Wildman–Crippen MR) is 141 cm³/mol. The van der Waals surface area contributed by atoms with Crippen molar-refractivity contribution >= 4 is 27.3 Å². The number of rotatable bonds is 4. The second kappa shape index (κ2) is 11.1. The summed E-state index contributed by atoms with van der Waals surface area (Å²) in [5.74, 6) is 0. The van der Waals surface area contributed by atoms with Crippen LogP contribution in [-0.4, -0.2) is 0 Å². The summed E-state index contributed by atoms with van der Waals surface area (Å²) in [6.07, 6.45) is 0. The first-order valence-corrected chi connectivity index (χ1v) is 11.4. The van der Waals surface area contributed by atoms with Crippen molar-refractivity contribution in [2.75, 3.05) is 5.32 Å². The number of nitrogens with one attached hydrogen (secondary N) is 1. The van der Waals surface area contributed by atoms with E-state index in [1.807, 2.05) is 60.7 Å². The molecule has 0 saturated carbocycles. The summed E-state index contributed by atoms with van der Waals surface area (Å²) in [7, 11) is 0. The molecular weight excluding hydrogens is 454 g/mol. The normalized spacial score (nSPS) is 10.0. The molecule has 0 atom stereocenters. The molecule has 0 amide bonds. The van der Waals surface area contributed by atoms with Gasteiger partial charge in [0.15, 0.2) is 0 Å². The summed E-state index contributed by atoms with van der Waals surface area (Å²) < 4.78 is 1.13. The molecule has 32 heavy (non-hydrogen) atoms. The van der Waals surface area contributed by atoms with E-state index in [1.54, 1.807) is 0 Å². The maximum absolute atomic E-state index is 3.58. The van der Waals surface area contributed by atoms with E-state index in [0.717, 1.165) is 15.8 Å². The Morgan fingerprint density at radius 3 is 1.47 bits per heavy atom. The molecule has 0 saturated heterocycles. The Kier molecular flexibility index (Phi) is 7.51. The Bertz CT molecular complexity index is 1220. The van der Waals surface area contributed by atoms with Gasteiger partial charge in [0.25, 0.3) is 0 Å². The van der Waals surface area contributed by atoms with Crippen molar-refractivity contribution in [3.63, 3.8) is 0 Å². The highest BCUT2D eigenvalue weighted by atomic mass is 79.9. The van der Waals surface area contributed by atoms with Gasteiger partial charge in [-0.25, -0.2) is 0 Å². The van der Waals surface area contributed by atoms with Crippen LogP contribution < -0.4 is 5.32 Å². The van der Waals surface area contributed by atoms with Crippen molar-refractivity contribution < 1.29 is 0 Å². The summed E-state index contributed by atoms with van der Waals surface area (Å²) in [4.78, 5) is 0. The van der Waals surface area contributed by atoms with Crippen molar-refractivity contribution in [3.05, 3.63) is 144 Å². The summed E-state index contributed by atoms with van der Waals surface area (Å²) in [6, 6.07) is 47.9. The van der Waals surface area contributed by atoms with Gasteiger partial charge in [0.2, 0.25) is 0 Å². The highest BCUT2D eigenvalue weighted by molar-refractivity contribution is 9.10. The molecule has 0 aliphatic rings. The van der Waals surface area contributed by atoms with E-state index < -0.39 is 0 Å². The van der Waals surface area contributed by atoms with Crippen molar-refractivity contribution in [2.24, 2.45) is 0 Å². The van der Waals surface area contributed by atoms with Gasteiger partial charge in [0.05, 0.1) is 0 Å². The standard InChI is InChI=1S/C24H19N.C6H5Br/c1-4-10-19(11-5-1)21-16-17-23(20-12-6-2-7-13-20)24(18-21)25-22-14-8-3-9-15-22;7-6-4-2-1-3-5-6/h1-18,25H;1-5H. The molecule has 1 nitrogen and oxygen atoms in total. The number of para-hydroxylation sites is 1. The van der Waals surface area contributed by atoms with Gasteiger partial charge >= 0.3 is 0 Å². The van der Waals surface area contributed by atoms with Crippen LogP contribution in [0.2, 0.25) is 0 Å². The molecule has 2 heteroatoms. The van der Waals surface area contributed by atoms with Crippen molar-refractivity contribution in [3.8, 4) is 22.3 Å². The third-order valence-corrected chi connectivity index (χ3v) is 5.53. The lowest BCUT2D eigenvalue weighted by atomic mass is 9.98. The van der Waals surface area contributed by atoms with Crippen LogP contribution in [0, 0.1) is 0 Å². The quantitative estimate of drug-likeness (QED) is 0.271. The molecular formula is C30H24BrN. The molecule has 5 aromatic rings. The lowest BCUT2D eigenvalue weighted by Crippen LogP contribution is -1.94. The molecule has 0 aliphatic heterocycles. The van der Waals surface area contributed by atoms with Gasteiger partial charge in [0.1, 0.15) is 0 Å². The van der Waals surface area contributed by atoms with Crippen LogP contribution in [0.4, 0.5) is 11.4 Å². The third kappa shape index (κ3) is 5.96. The number of hydrogen-bond donors (Lipinski definition) is 1. The molecule has 0 aromatic heterocycles. The van der Waals surface area contributed by atoms with Gasteiger partial charge in [-0.2, -0.15) is 0 Å². The Hall–Kier alpha value is -3.62. The van der Waals surface area contributed by atoms with Crippen LogP contribution in [0.3, 0.4) is 0 Å². The minimum Gasteiger partial charge on any atom is -0.355 e. The van der Waals surface area contributed by atoms with Crippen molar-refractivity contribution in [1.29, 1.82) is 0 Å². The van der Waals surface area contributed by atoms with E-state index in [2.05, 4.69) is 100 Å². The van der Waals surface area contributed by atoms with E-state index in [-0.39, 0.29) is 0 Å². The zero-order valence-corrected chi connectivity index (χ0v) is 19.2. The lowest BCUT2D eigenvalue weighted by molar-refractivity contribution is 1.52. The lowest BCUT2D eigenvalue weighted by Gasteiger charge is -2.15. The van der Waals surface area contributed by atoms with Gasteiger partial charge in [-0.1, -0.05) is 125 Å². The highest BCUT2D eigenvalue weighted by Crippen LogP contribution is 2.34. The molecule has 0 bridgehead atoms. The monoisotopic (exact) mass is 477 g/mol. The van der Waals surface area contributed by atoms with Crippen LogP contribution >= 0.6 is 15.9 Å². The molecule has 0 unspecified atom stereocenters. The summed E-state index contributed by atoms with van der Waals surface area (Å²) in [5, 5.41) is 3.58. The number of halogens is 1. The van der Waals surface area contributed by atoms with Gasteiger partial charge < -0.3 is 5.32 Å². The fourth-order valence-electron chi connectivity index (χ4n) is 3.42. The third-order valence-electron chi connectivity index (χ3n) is 5.00. The molecule has 0 aliphatic carbocycles. The first kappa shape index (κ1) is 21.6. The topological polar surface area (TPSA) is 12.0 Å². The van der Waals surface area contributed by atoms with Crippen molar-refractivity contribution in [1.82, 2.24) is 0 Å². The zero-order chi connectivity index (χ0) is 22.0. The Morgan fingerprint density at radius 2 is 0.938 bits per heavy atom. The van der Waals surface area contributed by atoms with Gasteiger partial charge in [-0.15, -0.1) is 0 Å². The van der Waals surface area contributed by atoms with E-state index in [4.69, 9.17) is 0 Å². The maximum atomic E-state index is 3.58. The Labute approximate surface area is 198 Å². The Balaban J connectivity index is 0.000000300. The molecule has 5 aromatic carbocycles. The number of anilines is 2. The molecule has 5 rings (SSSR count). The fourth-order valence-corrected chi connectivity index (χ4v) is 3.72. The Morgan fingerprint density at radius 1 is 0.438 bits per heavy atom. The second-order valence-corrected chi connectivity index (χ2v) is 8.19. The van der Waals surface area contributed by atoms with E-state index in [1.165, 1.54) is 22.3 Å². The average molecular weight is 478 g/mol. The van der Waals surface area contributed by atoms with E-state index in [0.29, 0.717) is 0 Å². The SMILES string of the molecule is Brc1ccccc1.c1ccc(Nc2cc(-c3ccccc3)ccc2-c2ccccc2)cc1. The molecule has 1 N–H and O–H groups in total. The van der Waals surface area contributed by atoms with Crippen LogP contribution in [0.15, 0.2) is 144 Å². The van der Waals surface area contributed by atoms with E-state index in [9.17, 15) is 0 Å². The number of benzene rings is 5. The van der Waals surface area contributed by atoms with Crippen LogP contribution in [0.5, 0.6) is 0 Å². The van der Waals surface area contributed by atoms with Crippen molar-refractivity contribution in [2.45, 2.75) is 0 Å². The minimum atomic E-state index is 1.09. The van der Waals surface area contributed by atoms with Crippen LogP contribution in [0.1, 0.15) is 0 Å². The van der Waals surface area contributed by atoms with Crippen LogP contribution in [-0.2, 0) is 0 Å². The summed E-state index contributed by atoms with van der Waals surface area (Å²) in [5.41, 5.74) is 7.03. The molecule has 0 heterocycles. The molecule has 0 fully saturated rings. The predicted octanol–water partition coefficient (Wildman–Crippen LogP) is 9.21. The fraction of sp³-hybridized carbons (Fsp3) is 0. The van der Waals surface area contributed by atoms with Gasteiger partial charge in [-0.3, -0.25) is 0 Å². The largest absolute Gasteiger partial charge is 0.355 e.